The van der Waals surface area contributed by atoms with E-state index in [9.17, 15) is 9.18 Å². The highest BCUT2D eigenvalue weighted by molar-refractivity contribution is 9.10. The molecule has 0 amide bonds. The van der Waals surface area contributed by atoms with E-state index >= 15 is 0 Å². The molecule has 0 fully saturated rings. The standard InChI is InChI=1S/C12H10BrFN2O2/c1-16-9(6-10(17)18)11(13)15-12(16)7-3-2-4-8(14)5-7/h2-5H,6H2,1H3,(H,17,18). The number of hydrogen-bond acceptors (Lipinski definition) is 2. The van der Waals surface area contributed by atoms with Crippen molar-refractivity contribution in [1.29, 1.82) is 0 Å². The fraction of sp³-hybridized carbons (Fsp3) is 0.167. The predicted molar refractivity (Wildman–Crippen MR) is 67.6 cm³/mol. The van der Waals surface area contributed by atoms with E-state index in [-0.39, 0.29) is 12.2 Å². The molecule has 0 aliphatic rings. The summed E-state index contributed by atoms with van der Waals surface area (Å²) < 4.78 is 15.3. The van der Waals surface area contributed by atoms with Gasteiger partial charge in [-0.05, 0) is 28.1 Å². The second-order valence-electron chi connectivity index (χ2n) is 3.81. The smallest absolute Gasteiger partial charge is 0.309 e. The van der Waals surface area contributed by atoms with Gasteiger partial charge in [-0.25, -0.2) is 9.37 Å². The van der Waals surface area contributed by atoms with Crippen LogP contribution >= 0.6 is 15.9 Å². The quantitative estimate of drug-likeness (QED) is 0.948. The molecule has 2 aromatic rings. The average Bonchev–Trinajstić information content (AvgIpc) is 2.56. The summed E-state index contributed by atoms with van der Waals surface area (Å²) in [6.45, 7) is 0. The maximum atomic E-state index is 13.2. The first-order valence-corrected chi connectivity index (χ1v) is 5.97. The van der Waals surface area contributed by atoms with E-state index in [1.807, 2.05) is 0 Å². The first-order chi connectivity index (χ1) is 8.49. The van der Waals surface area contributed by atoms with Crippen LogP contribution in [0.4, 0.5) is 4.39 Å². The summed E-state index contributed by atoms with van der Waals surface area (Å²) in [6, 6.07) is 6.02. The molecule has 0 saturated heterocycles. The number of nitrogens with zero attached hydrogens (tertiary/aromatic N) is 2. The van der Waals surface area contributed by atoms with Gasteiger partial charge >= 0.3 is 5.97 Å². The number of carboxylic acids is 1. The molecular weight excluding hydrogens is 303 g/mol. The minimum Gasteiger partial charge on any atom is -0.481 e. The van der Waals surface area contributed by atoms with Gasteiger partial charge in [0.05, 0.1) is 12.1 Å². The van der Waals surface area contributed by atoms with Gasteiger partial charge in [-0.1, -0.05) is 12.1 Å². The number of carboxylic acid groups (broad SMARTS) is 1. The molecule has 1 N–H and O–H groups in total. The third-order valence-electron chi connectivity index (χ3n) is 2.57. The summed E-state index contributed by atoms with van der Waals surface area (Å²) in [6.07, 6.45) is -0.139. The van der Waals surface area contributed by atoms with Gasteiger partial charge in [0, 0.05) is 12.6 Å². The topological polar surface area (TPSA) is 55.1 Å². The summed E-state index contributed by atoms with van der Waals surface area (Å²) in [5.74, 6) is -0.770. The Kier molecular flexibility index (Phi) is 3.47. The van der Waals surface area contributed by atoms with Gasteiger partial charge in [-0.3, -0.25) is 4.79 Å². The average molecular weight is 313 g/mol. The van der Waals surface area contributed by atoms with Crippen LogP contribution in [0.25, 0.3) is 11.4 Å². The molecule has 0 spiro atoms. The Morgan fingerprint density at radius 3 is 2.89 bits per heavy atom. The van der Waals surface area contributed by atoms with E-state index in [2.05, 4.69) is 20.9 Å². The van der Waals surface area contributed by atoms with Gasteiger partial charge in [-0.15, -0.1) is 0 Å². The van der Waals surface area contributed by atoms with Crippen LogP contribution in [0, 0.1) is 5.82 Å². The molecule has 0 aliphatic heterocycles. The maximum Gasteiger partial charge on any atom is 0.309 e. The van der Waals surface area contributed by atoms with Crippen LogP contribution < -0.4 is 0 Å². The second kappa shape index (κ2) is 4.89. The first-order valence-electron chi connectivity index (χ1n) is 5.18. The molecule has 0 atom stereocenters. The molecule has 4 nitrogen and oxygen atoms in total. The van der Waals surface area contributed by atoms with Crippen LogP contribution in [0.5, 0.6) is 0 Å². The van der Waals surface area contributed by atoms with Crippen molar-refractivity contribution in [2.45, 2.75) is 6.42 Å². The van der Waals surface area contributed by atoms with Crippen LogP contribution in [-0.2, 0) is 18.3 Å². The van der Waals surface area contributed by atoms with Gasteiger partial charge < -0.3 is 9.67 Å². The largest absolute Gasteiger partial charge is 0.481 e. The summed E-state index contributed by atoms with van der Waals surface area (Å²) in [4.78, 5) is 15.0. The number of rotatable bonds is 3. The Morgan fingerprint density at radius 1 is 1.56 bits per heavy atom. The molecule has 1 aromatic heterocycles. The van der Waals surface area contributed by atoms with Gasteiger partial charge in [0.2, 0.25) is 0 Å². The number of benzene rings is 1. The minimum atomic E-state index is -0.940. The fourth-order valence-corrected chi connectivity index (χ4v) is 2.29. The monoisotopic (exact) mass is 312 g/mol. The zero-order valence-corrected chi connectivity index (χ0v) is 11.1. The molecule has 0 unspecified atom stereocenters. The van der Waals surface area contributed by atoms with E-state index in [4.69, 9.17) is 5.11 Å². The van der Waals surface area contributed by atoms with Gasteiger partial charge in [0.25, 0.3) is 0 Å². The summed E-state index contributed by atoms with van der Waals surface area (Å²) in [5, 5.41) is 8.82. The molecule has 1 heterocycles. The molecule has 6 heteroatoms. The van der Waals surface area contributed by atoms with E-state index in [1.54, 1.807) is 23.7 Å². The molecule has 0 aliphatic carbocycles. The number of imidazole rings is 1. The highest BCUT2D eigenvalue weighted by Gasteiger charge is 2.16. The number of halogens is 2. The summed E-state index contributed by atoms with van der Waals surface area (Å²) >= 11 is 3.22. The molecule has 2 rings (SSSR count). The lowest BCUT2D eigenvalue weighted by Crippen LogP contribution is -2.06. The number of hydrogen-bond donors (Lipinski definition) is 1. The van der Waals surface area contributed by atoms with Crippen LogP contribution in [0.2, 0.25) is 0 Å². The second-order valence-corrected chi connectivity index (χ2v) is 4.56. The Morgan fingerprint density at radius 2 is 2.28 bits per heavy atom. The first kappa shape index (κ1) is 12.8. The molecule has 0 saturated carbocycles. The van der Waals surface area contributed by atoms with Crippen LogP contribution in [0.15, 0.2) is 28.9 Å². The lowest BCUT2D eigenvalue weighted by Gasteiger charge is -2.04. The number of carbonyl (C=O) groups is 1. The highest BCUT2D eigenvalue weighted by Crippen LogP contribution is 2.25. The van der Waals surface area contributed by atoms with Gasteiger partial charge in [0.1, 0.15) is 16.2 Å². The van der Waals surface area contributed by atoms with Crippen molar-refractivity contribution in [3.63, 3.8) is 0 Å². The SMILES string of the molecule is Cn1c(-c2cccc(F)c2)nc(Br)c1CC(=O)O. The Labute approximate surface area is 111 Å². The highest BCUT2D eigenvalue weighted by atomic mass is 79.9. The van der Waals surface area contributed by atoms with Crippen molar-refractivity contribution in [2.75, 3.05) is 0 Å². The van der Waals surface area contributed by atoms with Crippen molar-refractivity contribution >= 4 is 21.9 Å². The molecule has 0 bridgehead atoms. The van der Waals surface area contributed by atoms with E-state index in [0.717, 1.165) is 0 Å². The van der Waals surface area contributed by atoms with Crippen molar-refractivity contribution < 1.29 is 14.3 Å². The van der Waals surface area contributed by atoms with Crippen molar-refractivity contribution in [3.05, 3.63) is 40.4 Å². The molecule has 1 aromatic carbocycles. The van der Waals surface area contributed by atoms with Crippen LogP contribution in [-0.4, -0.2) is 20.6 Å². The minimum absolute atomic E-state index is 0.139. The van der Waals surface area contributed by atoms with Crippen molar-refractivity contribution in [1.82, 2.24) is 9.55 Å². The maximum absolute atomic E-state index is 13.2. The van der Waals surface area contributed by atoms with Gasteiger partial charge in [-0.2, -0.15) is 0 Å². The lowest BCUT2D eigenvalue weighted by atomic mass is 10.2. The zero-order chi connectivity index (χ0) is 13.3. The lowest BCUT2D eigenvalue weighted by molar-refractivity contribution is -0.136. The molecule has 18 heavy (non-hydrogen) atoms. The Hall–Kier alpha value is -1.69. The summed E-state index contributed by atoms with van der Waals surface area (Å²) in [7, 11) is 1.70. The third-order valence-corrected chi connectivity index (χ3v) is 3.20. The van der Waals surface area contributed by atoms with E-state index < -0.39 is 5.97 Å². The molecule has 0 radical (unpaired) electrons. The van der Waals surface area contributed by atoms with Crippen molar-refractivity contribution in [3.8, 4) is 11.4 Å². The van der Waals surface area contributed by atoms with Crippen LogP contribution in [0.1, 0.15) is 5.69 Å². The fourth-order valence-electron chi connectivity index (χ4n) is 1.72. The normalized spacial score (nSPS) is 10.6. The summed E-state index contributed by atoms with van der Waals surface area (Å²) in [5.41, 5.74) is 1.15. The number of aliphatic carboxylic acids is 1. The van der Waals surface area contributed by atoms with Crippen LogP contribution in [0.3, 0.4) is 0 Å². The zero-order valence-electron chi connectivity index (χ0n) is 9.52. The predicted octanol–water partition coefficient (Wildman–Crippen LogP) is 2.62. The number of aromatic nitrogens is 2. The third kappa shape index (κ3) is 2.43. The van der Waals surface area contributed by atoms with Gasteiger partial charge in [0.15, 0.2) is 0 Å². The molecule has 94 valence electrons. The van der Waals surface area contributed by atoms with Crippen molar-refractivity contribution in [2.24, 2.45) is 7.05 Å². The Bertz CT molecular complexity index is 610. The molecular formula is C12H10BrFN2O2. The Balaban J connectivity index is 2.50. The van der Waals surface area contributed by atoms with E-state index in [0.29, 0.717) is 21.7 Å². The van der Waals surface area contributed by atoms with E-state index in [1.165, 1.54) is 12.1 Å².